The lowest BCUT2D eigenvalue weighted by Gasteiger charge is -2.29. The van der Waals surface area contributed by atoms with Crippen molar-refractivity contribution in [1.29, 1.82) is 0 Å². The SMILES string of the molecule is COc1ccccc1CC(C)N(Cc1ccccc1)C(=O)c1cn(Cc2ccccc2)nn1. The molecule has 0 aliphatic rings. The molecule has 0 bridgehead atoms. The van der Waals surface area contributed by atoms with Crippen LogP contribution in [0.1, 0.15) is 34.1 Å². The first-order valence-electron chi connectivity index (χ1n) is 11.0. The molecule has 1 atom stereocenters. The minimum atomic E-state index is -0.138. The first-order valence-corrected chi connectivity index (χ1v) is 11.0. The van der Waals surface area contributed by atoms with E-state index in [2.05, 4.69) is 17.2 Å². The Hall–Kier alpha value is -3.93. The highest BCUT2D eigenvalue weighted by Gasteiger charge is 2.25. The second kappa shape index (κ2) is 10.6. The Morgan fingerprint density at radius 2 is 1.58 bits per heavy atom. The van der Waals surface area contributed by atoms with Crippen LogP contribution in [0.5, 0.6) is 5.75 Å². The standard InChI is InChI=1S/C27H28N4O2/c1-21(17-24-15-9-10-16-26(24)33-2)31(19-23-13-7-4-8-14-23)27(32)25-20-30(29-28-25)18-22-11-5-3-6-12-22/h3-16,20-21H,17-19H2,1-2H3. The van der Waals surface area contributed by atoms with E-state index in [1.807, 2.05) is 89.8 Å². The molecule has 0 saturated heterocycles. The van der Waals surface area contributed by atoms with Crippen molar-refractivity contribution in [3.63, 3.8) is 0 Å². The zero-order valence-corrected chi connectivity index (χ0v) is 19.0. The highest BCUT2D eigenvalue weighted by Crippen LogP contribution is 2.22. The van der Waals surface area contributed by atoms with Crippen LogP contribution in [0.4, 0.5) is 0 Å². The average Bonchev–Trinajstić information content (AvgIpc) is 3.32. The Kier molecular flexibility index (Phi) is 7.15. The molecule has 4 rings (SSSR count). The first kappa shape index (κ1) is 22.3. The predicted octanol–water partition coefficient (Wildman–Crippen LogP) is 4.61. The van der Waals surface area contributed by atoms with Gasteiger partial charge in [0.15, 0.2) is 5.69 Å². The second-order valence-electron chi connectivity index (χ2n) is 8.07. The van der Waals surface area contributed by atoms with E-state index >= 15 is 0 Å². The van der Waals surface area contributed by atoms with Crippen molar-refractivity contribution in [2.75, 3.05) is 7.11 Å². The van der Waals surface area contributed by atoms with E-state index < -0.39 is 0 Å². The zero-order chi connectivity index (χ0) is 23.0. The number of carbonyl (C=O) groups excluding carboxylic acids is 1. The smallest absolute Gasteiger partial charge is 0.276 e. The monoisotopic (exact) mass is 440 g/mol. The number of hydrogen-bond donors (Lipinski definition) is 0. The van der Waals surface area contributed by atoms with Gasteiger partial charge < -0.3 is 9.64 Å². The van der Waals surface area contributed by atoms with Crippen molar-refractivity contribution in [1.82, 2.24) is 19.9 Å². The van der Waals surface area contributed by atoms with Crippen LogP contribution in [-0.2, 0) is 19.5 Å². The van der Waals surface area contributed by atoms with Crippen LogP contribution in [0, 0.1) is 0 Å². The fourth-order valence-corrected chi connectivity index (χ4v) is 3.90. The lowest BCUT2D eigenvalue weighted by molar-refractivity contribution is 0.0668. The van der Waals surface area contributed by atoms with Gasteiger partial charge in [-0.15, -0.1) is 5.10 Å². The van der Waals surface area contributed by atoms with Crippen LogP contribution < -0.4 is 4.74 Å². The molecule has 1 aromatic heterocycles. The summed E-state index contributed by atoms with van der Waals surface area (Å²) in [6.07, 6.45) is 2.39. The van der Waals surface area contributed by atoms with E-state index in [1.54, 1.807) is 18.0 Å². The van der Waals surface area contributed by atoms with Crippen molar-refractivity contribution in [2.24, 2.45) is 0 Å². The Bertz CT molecular complexity index is 1170. The summed E-state index contributed by atoms with van der Waals surface area (Å²) in [5.41, 5.74) is 3.57. The van der Waals surface area contributed by atoms with Crippen LogP contribution in [0.2, 0.25) is 0 Å². The van der Waals surface area contributed by atoms with Crippen molar-refractivity contribution in [3.05, 3.63) is 114 Å². The Morgan fingerprint density at radius 1 is 0.939 bits per heavy atom. The summed E-state index contributed by atoms with van der Waals surface area (Å²) < 4.78 is 7.22. The number of amides is 1. The van der Waals surface area contributed by atoms with Gasteiger partial charge in [0.1, 0.15) is 5.75 Å². The topological polar surface area (TPSA) is 60.2 Å². The molecule has 33 heavy (non-hydrogen) atoms. The number of hydrogen-bond acceptors (Lipinski definition) is 4. The maximum absolute atomic E-state index is 13.6. The number of methoxy groups -OCH3 is 1. The highest BCUT2D eigenvalue weighted by molar-refractivity contribution is 5.92. The minimum Gasteiger partial charge on any atom is -0.496 e. The number of ether oxygens (including phenoxy) is 1. The summed E-state index contributed by atoms with van der Waals surface area (Å²) in [4.78, 5) is 15.4. The van der Waals surface area contributed by atoms with Crippen LogP contribution in [0.15, 0.2) is 91.1 Å². The van der Waals surface area contributed by atoms with E-state index in [9.17, 15) is 4.79 Å². The lowest BCUT2D eigenvalue weighted by Crippen LogP contribution is -2.39. The number of rotatable bonds is 9. The van der Waals surface area contributed by atoms with Gasteiger partial charge in [0, 0.05) is 12.6 Å². The van der Waals surface area contributed by atoms with Crippen LogP contribution in [-0.4, -0.2) is 39.0 Å². The predicted molar refractivity (Wildman–Crippen MR) is 128 cm³/mol. The third kappa shape index (κ3) is 5.66. The Labute approximate surface area is 194 Å². The third-order valence-corrected chi connectivity index (χ3v) is 5.64. The second-order valence-corrected chi connectivity index (χ2v) is 8.07. The molecular weight excluding hydrogens is 412 g/mol. The summed E-state index contributed by atoms with van der Waals surface area (Å²) in [7, 11) is 1.67. The fourth-order valence-electron chi connectivity index (χ4n) is 3.90. The lowest BCUT2D eigenvalue weighted by atomic mass is 10.0. The van der Waals surface area contributed by atoms with E-state index in [-0.39, 0.29) is 11.9 Å². The van der Waals surface area contributed by atoms with Gasteiger partial charge in [-0.2, -0.15) is 0 Å². The maximum Gasteiger partial charge on any atom is 0.276 e. The van der Waals surface area contributed by atoms with E-state index in [0.717, 1.165) is 22.4 Å². The number of para-hydroxylation sites is 1. The molecule has 3 aromatic carbocycles. The van der Waals surface area contributed by atoms with Gasteiger partial charge in [0.25, 0.3) is 5.91 Å². The summed E-state index contributed by atoms with van der Waals surface area (Å²) in [6.45, 7) is 3.11. The molecule has 1 unspecified atom stereocenters. The molecular formula is C27H28N4O2. The average molecular weight is 441 g/mol. The molecule has 1 heterocycles. The molecule has 0 spiro atoms. The summed E-state index contributed by atoms with van der Waals surface area (Å²) in [6, 6.07) is 27.9. The summed E-state index contributed by atoms with van der Waals surface area (Å²) in [5, 5.41) is 8.39. The van der Waals surface area contributed by atoms with Crippen LogP contribution in [0.3, 0.4) is 0 Å². The number of aromatic nitrogens is 3. The Balaban J connectivity index is 1.57. The van der Waals surface area contributed by atoms with Crippen molar-refractivity contribution < 1.29 is 9.53 Å². The zero-order valence-electron chi connectivity index (χ0n) is 19.0. The molecule has 6 nitrogen and oxygen atoms in total. The normalized spacial score (nSPS) is 11.7. The van der Waals surface area contributed by atoms with Gasteiger partial charge in [-0.05, 0) is 36.1 Å². The number of nitrogens with zero attached hydrogens (tertiary/aromatic N) is 4. The van der Waals surface area contributed by atoms with E-state index in [0.29, 0.717) is 25.2 Å². The molecule has 168 valence electrons. The van der Waals surface area contributed by atoms with Gasteiger partial charge in [0.2, 0.25) is 0 Å². The van der Waals surface area contributed by atoms with Crippen molar-refractivity contribution in [3.8, 4) is 5.75 Å². The number of carbonyl (C=O) groups is 1. The van der Waals surface area contributed by atoms with Gasteiger partial charge in [-0.25, -0.2) is 4.68 Å². The third-order valence-electron chi connectivity index (χ3n) is 5.64. The molecule has 0 fully saturated rings. The largest absolute Gasteiger partial charge is 0.496 e. The maximum atomic E-state index is 13.6. The molecule has 0 aliphatic heterocycles. The molecule has 1 amide bonds. The molecule has 0 saturated carbocycles. The fraction of sp³-hybridized carbons (Fsp3) is 0.222. The van der Waals surface area contributed by atoms with Crippen LogP contribution >= 0.6 is 0 Å². The van der Waals surface area contributed by atoms with Gasteiger partial charge in [0.05, 0.1) is 19.9 Å². The van der Waals surface area contributed by atoms with Gasteiger partial charge in [-0.1, -0.05) is 84.1 Å². The molecule has 0 radical (unpaired) electrons. The minimum absolute atomic E-state index is 0.0757. The molecule has 0 aliphatic carbocycles. The van der Waals surface area contributed by atoms with E-state index in [1.165, 1.54) is 0 Å². The highest BCUT2D eigenvalue weighted by atomic mass is 16.5. The first-order chi connectivity index (χ1) is 16.1. The van der Waals surface area contributed by atoms with Crippen molar-refractivity contribution >= 4 is 5.91 Å². The van der Waals surface area contributed by atoms with E-state index in [4.69, 9.17) is 4.74 Å². The van der Waals surface area contributed by atoms with Crippen LogP contribution in [0.25, 0.3) is 0 Å². The number of benzene rings is 3. The summed E-state index contributed by atoms with van der Waals surface area (Å²) >= 11 is 0. The molecule has 0 N–H and O–H groups in total. The quantitative estimate of drug-likeness (QED) is 0.381. The van der Waals surface area contributed by atoms with Gasteiger partial charge >= 0.3 is 0 Å². The Morgan fingerprint density at radius 3 is 2.27 bits per heavy atom. The summed E-state index contributed by atoms with van der Waals surface area (Å²) in [5.74, 6) is 0.686. The van der Waals surface area contributed by atoms with Gasteiger partial charge in [-0.3, -0.25) is 4.79 Å². The molecule has 4 aromatic rings. The molecule has 6 heteroatoms. The van der Waals surface area contributed by atoms with Crippen molar-refractivity contribution in [2.45, 2.75) is 32.5 Å².